The number of hydrogen-bond acceptors (Lipinski definition) is 3. The highest BCUT2D eigenvalue weighted by Gasteiger charge is 2.29. The van der Waals surface area contributed by atoms with Gasteiger partial charge in [-0.3, -0.25) is 4.79 Å². The van der Waals surface area contributed by atoms with Crippen LogP contribution in [0.25, 0.3) is 10.9 Å². The van der Waals surface area contributed by atoms with Gasteiger partial charge in [0.15, 0.2) is 5.78 Å². The lowest BCUT2D eigenvalue weighted by atomic mass is 9.94. The van der Waals surface area contributed by atoms with Crippen molar-refractivity contribution < 1.29 is 4.79 Å². The molecule has 0 aliphatic heterocycles. The molecule has 1 aliphatic rings. The Kier molecular flexibility index (Phi) is 2.93. The molecule has 0 fully saturated rings. The van der Waals surface area contributed by atoms with Crippen molar-refractivity contribution in [3.8, 4) is 0 Å². The van der Waals surface area contributed by atoms with Crippen LogP contribution in [0.15, 0.2) is 54.6 Å². The molecular weight excluding hydrogens is 272 g/mol. The highest BCUT2D eigenvalue weighted by molar-refractivity contribution is 6.01. The first-order valence-electron chi connectivity index (χ1n) is 7.51. The van der Waals surface area contributed by atoms with Crippen LogP contribution in [0.5, 0.6) is 0 Å². The number of carbonyl (C=O) groups excluding carboxylic acids is 1. The predicted octanol–water partition coefficient (Wildman–Crippen LogP) is 3.73. The molecule has 4 rings (SSSR count). The van der Waals surface area contributed by atoms with Crippen LogP contribution in [0.4, 0.5) is 5.69 Å². The number of benzene rings is 2. The summed E-state index contributed by atoms with van der Waals surface area (Å²) in [5.74, 6) is 0.0543. The number of anilines is 1. The molecule has 2 N–H and O–H groups in total. The molecule has 0 spiro atoms. The Labute approximate surface area is 128 Å². The van der Waals surface area contributed by atoms with Crippen molar-refractivity contribution in [2.45, 2.75) is 18.8 Å². The Morgan fingerprint density at radius 2 is 1.95 bits per heavy atom. The minimum absolute atomic E-state index is 0.0602. The monoisotopic (exact) mass is 288 g/mol. The topological polar surface area (TPSA) is 56.0 Å². The maximum atomic E-state index is 12.8. The number of nitrogens with zero attached hydrogens (tertiary/aromatic N) is 1. The fourth-order valence-electron chi connectivity index (χ4n) is 3.29. The van der Waals surface area contributed by atoms with Crippen LogP contribution >= 0.6 is 0 Å². The summed E-state index contributed by atoms with van der Waals surface area (Å²) in [6.45, 7) is 0. The van der Waals surface area contributed by atoms with Crippen molar-refractivity contribution in [1.82, 2.24) is 4.98 Å². The van der Waals surface area contributed by atoms with Gasteiger partial charge >= 0.3 is 0 Å². The average molecular weight is 288 g/mol. The third kappa shape index (κ3) is 2.06. The summed E-state index contributed by atoms with van der Waals surface area (Å²) in [6, 6.07) is 17.5. The summed E-state index contributed by atoms with van der Waals surface area (Å²) in [6.07, 6.45) is 1.84. The van der Waals surface area contributed by atoms with E-state index in [9.17, 15) is 4.79 Å². The first-order valence-corrected chi connectivity index (χ1v) is 7.51. The molecular formula is C19H16N2O. The molecule has 2 aromatic carbocycles. The van der Waals surface area contributed by atoms with Crippen LogP contribution in [-0.2, 0) is 6.42 Å². The molecule has 3 nitrogen and oxygen atoms in total. The molecule has 0 radical (unpaired) electrons. The van der Waals surface area contributed by atoms with Gasteiger partial charge in [-0.25, -0.2) is 4.98 Å². The van der Waals surface area contributed by atoms with Crippen molar-refractivity contribution in [2.75, 3.05) is 5.73 Å². The van der Waals surface area contributed by atoms with Crippen molar-refractivity contribution in [3.63, 3.8) is 0 Å². The summed E-state index contributed by atoms with van der Waals surface area (Å²) < 4.78 is 0. The molecule has 1 atom stereocenters. The van der Waals surface area contributed by atoms with Crippen molar-refractivity contribution >= 4 is 22.4 Å². The van der Waals surface area contributed by atoms with Gasteiger partial charge in [0.2, 0.25) is 0 Å². The molecule has 3 heteroatoms. The summed E-state index contributed by atoms with van der Waals surface area (Å²) in [5, 5.41) is 0.961. The SMILES string of the molecule is Nc1ccc2nc(C(=O)[C@@H]3CCc4ccccc43)ccc2c1. The zero-order valence-electron chi connectivity index (χ0n) is 12.1. The lowest BCUT2D eigenvalue weighted by Gasteiger charge is -2.10. The summed E-state index contributed by atoms with van der Waals surface area (Å²) in [7, 11) is 0. The number of aryl methyl sites for hydroxylation is 1. The van der Waals surface area contributed by atoms with Crippen molar-refractivity contribution in [2.24, 2.45) is 0 Å². The van der Waals surface area contributed by atoms with Crippen LogP contribution in [0.3, 0.4) is 0 Å². The lowest BCUT2D eigenvalue weighted by molar-refractivity contribution is 0.0955. The van der Waals surface area contributed by atoms with E-state index in [0.717, 1.165) is 29.3 Å². The fraction of sp³-hybridized carbons (Fsp3) is 0.158. The van der Waals surface area contributed by atoms with Crippen molar-refractivity contribution in [3.05, 3.63) is 71.4 Å². The van der Waals surface area contributed by atoms with Gasteiger partial charge in [0, 0.05) is 17.0 Å². The zero-order valence-corrected chi connectivity index (χ0v) is 12.1. The van der Waals surface area contributed by atoms with Gasteiger partial charge in [0.05, 0.1) is 5.52 Å². The van der Waals surface area contributed by atoms with Crippen LogP contribution in [0.1, 0.15) is 34.0 Å². The average Bonchev–Trinajstić information content (AvgIpc) is 2.97. The second kappa shape index (κ2) is 4.95. The van der Waals surface area contributed by atoms with Gasteiger partial charge in [-0.05, 0) is 48.2 Å². The van der Waals surface area contributed by atoms with Gasteiger partial charge in [0.25, 0.3) is 0 Å². The van der Waals surface area contributed by atoms with E-state index in [0.29, 0.717) is 11.4 Å². The standard InChI is InChI=1S/C19H16N2O/c20-14-7-10-17-13(11-14)6-9-18(21-17)19(22)16-8-5-12-3-1-2-4-15(12)16/h1-4,6-7,9-11,16H,5,8,20H2/t16-/m1/s1. The van der Waals surface area contributed by atoms with Gasteiger partial charge in [-0.15, -0.1) is 0 Å². The Bertz CT molecular complexity index is 885. The van der Waals surface area contributed by atoms with Gasteiger partial charge < -0.3 is 5.73 Å². The number of fused-ring (bicyclic) bond motifs is 2. The van der Waals surface area contributed by atoms with Crippen LogP contribution in [0.2, 0.25) is 0 Å². The molecule has 0 amide bonds. The molecule has 0 unspecified atom stereocenters. The Hall–Kier alpha value is -2.68. The van der Waals surface area contributed by atoms with E-state index in [1.54, 1.807) is 0 Å². The maximum absolute atomic E-state index is 12.8. The summed E-state index contributed by atoms with van der Waals surface area (Å²) >= 11 is 0. The van der Waals surface area contributed by atoms with Gasteiger partial charge in [-0.1, -0.05) is 30.3 Å². The number of nitrogens with two attached hydrogens (primary N) is 1. The third-order valence-electron chi connectivity index (χ3n) is 4.42. The quantitative estimate of drug-likeness (QED) is 0.577. The fourth-order valence-corrected chi connectivity index (χ4v) is 3.29. The number of rotatable bonds is 2. The van der Waals surface area contributed by atoms with E-state index < -0.39 is 0 Å². The Morgan fingerprint density at radius 3 is 2.86 bits per heavy atom. The molecule has 22 heavy (non-hydrogen) atoms. The van der Waals surface area contributed by atoms with E-state index in [4.69, 9.17) is 5.73 Å². The minimum Gasteiger partial charge on any atom is -0.399 e. The maximum Gasteiger partial charge on any atom is 0.188 e. The van der Waals surface area contributed by atoms with E-state index in [2.05, 4.69) is 17.1 Å². The van der Waals surface area contributed by atoms with Gasteiger partial charge in [-0.2, -0.15) is 0 Å². The molecule has 1 aliphatic carbocycles. The number of Topliss-reactive ketones (excluding diaryl/α,β-unsaturated/α-hetero) is 1. The molecule has 0 saturated heterocycles. The first-order chi connectivity index (χ1) is 10.7. The normalized spacial score (nSPS) is 16.6. The molecule has 1 aromatic heterocycles. The first kappa shape index (κ1) is 13.0. The molecule has 108 valence electrons. The lowest BCUT2D eigenvalue weighted by Crippen LogP contribution is -2.12. The highest BCUT2D eigenvalue weighted by atomic mass is 16.1. The minimum atomic E-state index is -0.0602. The number of carbonyl (C=O) groups is 1. The number of ketones is 1. The summed E-state index contributed by atoms with van der Waals surface area (Å²) in [4.78, 5) is 17.4. The highest BCUT2D eigenvalue weighted by Crippen LogP contribution is 2.35. The van der Waals surface area contributed by atoms with Crippen LogP contribution < -0.4 is 5.73 Å². The largest absolute Gasteiger partial charge is 0.399 e. The van der Waals surface area contributed by atoms with Crippen molar-refractivity contribution in [1.29, 1.82) is 0 Å². The second-order valence-corrected chi connectivity index (χ2v) is 5.80. The van der Waals surface area contributed by atoms with Crippen LogP contribution in [-0.4, -0.2) is 10.8 Å². The second-order valence-electron chi connectivity index (χ2n) is 5.80. The molecule has 0 bridgehead atoms. The molecule has 1 heterocycles. The molecule has 0 saturated carbocycles. The van der Waals surface area contributed by atoms with Gasteiger partial charge in [0.1, 0.15) is 5.69 Å². The zero-order chi connectivity index (χ0) is 15.1. The van der Waals surface area contributed by atoms with E-state index in [-0.39, 0.29) is 11.7 Å². The number of hydrogen-bond donors (Lipinski definition) is 1. The Balaban J connectivity index is 1.73. The predicted molar refractivity (Wildman–Crippen MR) is 88.0 cm³/mol. The van der Waals surface area contributed by atoms with E-state index in [1.165, 1.54) is 5.56 Å². The van der Waals surface area contributed by atoms with Crippen LogP contribution in [0, 0.1) is 0 Å². The third-order valence-corrected chi connectivity index (χ3v) is 4.42. The number of aromatic nitrogens is 1. The molecule has 3 aromatic rings. The van der Waals surface area contributed by atoms with E-state index >= 15 is 0 Å². The smallest absolute Gasteiger partial charge is 0.188 e. The summed E-state index contributed by atoms with van der Waals surface area (Å²) in [5.41, 5.74) is 10.3. The number of nitrogen functional groups attached to an aromatic ring is 1. The Morgan fingerprint density at radius 1 is 1.09 bits per heavy atom. The van der Waals surface area contributed by atoms with E-state index in [1.807, 2.05) is 42.5 Å². The number of pyridine rings is 1.